The second kappa shape index (κ2) is 4.16. The lowest BCUT2D eigenvalue weighted by Gasteiger charge is -2.05. The topological polar surface area (TPSA) is 86.7 Å². The minimum atomic E-state index is -0.292. The van der Waals surface area contributed by atoms with Crippen molar-refractivity contribution in [3.63, 3.8) is 0 Å². The maximum Gasteiger partial charge on any atom is 0.281 e. The number of aromatic nitrogens is 4. The number of para-hydroxylation sites is 1. The minimum absolute atomic E-state index is 0.0692. The molecule has 0 aliphatic heterocycles. The molecule has 2 heterocycles. The van der Waals surface area contributed by atoms with Gasteiger partial charge in [-0.3, -0.25) is 9.78 Å². The molecule has 6 heteroatoms. The molecule has 19 heavy (non-hydrogen) atoms. The highest BCUT2D eigenvalue weighted by molar-refractivity contribution is 5.99. The van der Waals surface area contributed by atoms with Crippen molar-refractivity contribution in [1.82, 2.24) is 19.7 Å². The standard InChI is InChI=1S/C13H11N5O/c1-8-10(12(19)18-7-15-13(14)17-18)6-9-4-2-3-5-11(9)16-8/h2-7H,1H3,(H2,14,17). The second-order valence-electron chi connectivity index (χ2n) is 4.17. The van der Waals surface area contributed by atoms with Gasteiger partial charge >= 0.3 is 0 Å². The van der Waals surface area contributed by atoms with E-state index in [9.17, 15) is 4.79 Å². The van der Waals surface area contributed by atoms with Gasteiger partial charge in [0.05, 0.1) is 16.8 Å². The van der Waals surface area contributed by atoms with Crippen LogP contribution in [0, 0.1) is 6.92 Å². The lowest BCUT2D eigenvalue weighted by Crippen LogP contribution is -2.15. The van der Waals surface area contributed by atoms with Crippen LogP contribution in [0.3, 0.4) is 0 Å². The summed E-state index contributed by atoms with van der Waals surface area (Å²) in [5, 5.41) is 4.72. The number of carbonyl (C=O) groups is 1. The normalized spacial score (nSPS) is 10.8. The summed E-state index contributed by atoms with van der Waals surface area (Å²) in [6, 6.07) is 9.44. The van der Waals surface area contributed by atoms with E-state index in [0.29, 0.717) is 11.3 Å². The number of carbonyl (C=O) groups excluding carboxylic acids is 1. The van der Waals surface area contributed by atoms with Crippen LogP contribution in [0.4, 0.5) is 5.95 Å². The number of hydrogen-bond donors (Lipinski definition) is 1. The van der Waals surface area contributed by atoms with E-state index in [1.165, 1.54) is 6.33 Å². The van der Waals surface area contributed by atoms with Crippen molar-refractivity contribution >= 4 is 22.8 Å². The maximum atomic E-state index is 12.3. The first-order chi connectivity index (χ1) is 9.15. The van der Waals surface area contributed by atoms with Crippen LogP contribution in [0.2, 0.25) is 0 Å². The minimum Gasteiger partial charge on any atom is -0.366 e. The van der Waals surface area contributed by atoms with Crippen LogP contribution in [0.15, 0.2) is 36.7 Å². The fourth-order valence-corrected chi connectivity index (χ4v) is 1.93. The van der Waals surface area contributed by atoms with E-state index < -0.39 is 0 Å². The number of fused-ring (bicyclic) bond motifs is 1. The fourth-order valence-electron chi connectivity index (χ4n) is 1.93. The molecule has 6 nitrogen and oxygen atoms in total. The molecular formula is C13H11N5O. The summed E-state index contributed by atoms with van der Waals surface area (Å²) in [6.45, 7) is 1.79. The Hall–Kier alpha value is -2.76. The molecule has 0 saturated carbocycles. The molecule has 2 aromatic heterocycles. The molecule has 0 spiro atoms. The highest BCUT2D eigenvalue weighted by atomic mass is 16.2. The van der Waals surface area contributed by atoms with Crippen molar-refractivity contribution in [1.29, 1.82) is 0 Å². The summed E-state index contributed by atoms with van der Waals surface area (Å²) in [6.07, 6.45) is 1.30. The smallest absolute Gasteiger partial charge is 0.281 e. The first kappa shape index (κ1) is 11.3. The predicted molar refractivity (Wildman–Crippen MR) is 70.6 cm³/mol. The third-order valence-corrected chi connectivity index (χ3v) is 2.86. The number of nitrogens with zero attached hydrogens (tertiary/aromatic N) is 4. The van der Waals surface area contributed by atoms with Crippen molar-refractivity contribution in [2.75, 3.05) is 5.73 Å². The summed E-state index contributed by atoms with van der Waals surface area (Å²) < 4.78 is 1.12. The summed E-state index contributed by atoms with van der Waals surface area (Å²) in [5.41, 5.74) is 7.41. The average molecular weight is 253 g/mol. The maximum absolute atomic E-state index is 12.3. The molecule has 0 aliphatic carbocycles. The van der Waals surface area contributed by atoms with Crippen molar-refractivity contribution in [2.24, 2.45) is 0 Å². The Morgan fingerprint density at radius 1 is 1.32 bits per heavy atom. The summed E-state index contributed by atoms with van der Waals surface area (Å²) in [7, 11) is 0. The first-order valence-electron chi connectivity index (χ1n) is 5.73. The molecule has 0 aliphatic rings. The number of nitrogen functional groups attached to an aromatic ring is 1. The van der Waals surface area contributed by atoms with Gasteiger partial charge in [-0.2, -0.15) is 4.68 Å². The zero-order valence-corrected chi connectivity index (χ0v) is 10.2. The van der Waals surface area contributed by atoms with Gasteiger partial charge in [-0.25, -0.2) is 4.98 Å². The largest absolute Gasteiger partial charge is 0.366 e. The molecule has 0 unspecified atom stereocenters. The summed E-state index contributed by atoms with van der Waals surface area (Å²) in [4.78, 5) is 20.4. The van der Waals surface area contributed by atoms with E-state index in [2.05, 4.69) is 15.1 Å². The molecule has 0 atom stereocenters. The van der Waals surface area contributed by atoms with Crippen molar-refractivity contribution < 1.29 is 4.79 Å². The molecule has 94 valence electrons. The third-order valence-electron chi connectivity index (χ3n) is 2.86. The van der Waals surface area contributed by atoms with Gasteiger partial charge in [-0.1, -0.05) is 18.2 Å². The van der Waals surface area contributed by atoms with Crippen LogP contribution in [-0.2, 0) is 0 Å². The number of benzene rings is 1. The molecule has 0 bridgehead atoms. The molecule has 1 aromatic carbocycles. The van der Waals surface area contributed by atoms with E-state index in [1.54, 1.807) is 13.0 Å². The molecule has 3 aromatic rings. The highest BCUT2D eigenvalue weighted by Gasteiger charge is 2.14. The van der Waals surface area contributed by atoms with Crippen LogP contribution >= 0.6 is 0 Å². The van der Waals surface area contributed by atoms with E-state index in [-0.39, 0.29) is 11.9 Å². The van der Waals surface area contributed by atoms with Gasteiger partial charge in [-0.05, 0) is 19.1 Å². The molecule has 0 amide bonds. The Labute approximate surface area is 108 Å². The van der Waals surface area contributed by atoms with Crippen LogP contribution in [0.5, 0.6) is 0 Å². The van der Waals surface area contributed by atoms with Crippen LogP contribution in [0.1, 0.15) is 16.1 Å². The Morgan fingerprint density at radius 3 is 2.84 bits per heavy atom. The number of nitrogens with two attached hydrogens (primary N) is 1. The predicted octanol–water partition coefficient (Wildman–Crippen LogP) is 1.41. The highest BCUT2D eigenvalue weighted by Crippen LogP contribution is 2.17. The van der Waals surface area contributed by atoms with Gasteiger partial charge in [0.1, 0.15) is 6.33 Å². The van der Waals surface area contributed by atoms with Crippen LogP contribution in [-0.4, -0.2) is 25.7 Å². The van der Waals surface area contributed by atoms with Gasteiger partial charge in [0.15, 0.2) is 0 Å². The zero-order chi connectivity index (χ0) is 13.4. The Balaban J connectivity index is 2.14. The van der Waals surface area contributed by atoms with E-state index in [0.717, 1.165) is 15.6 Å². The number of anilines is 1. The summed E-state index contributed by atoms with van der Waals surface area (Å²) in [5.74, 6) is -0.222. The molecule has 0 fully saturated rings. The number of hydrogen-bond acceptors (Lipinski definition) is 5. The van der Waals surface area contributed by atoms with Crippen molar-refractivity contribution in [3.05, 3.63) is 47.9 Å². The summed E-state index contributed by atoms with van der Waals surface area (Å²) >= 11 is 0. The Bertz CT molecular complexity index is 778. The lowest BCUT2D eigenvalue weighted by atomic mass is 10.1. The van der Waals surface area contributed by atoms with Gasteiger partial charge in [0.2, 0.25) is 5.95 Å². The number of rotatable bonds is 1. The Morgan fingerprint density at radius 2 is 2.11 bits per heavy atom. The van der Waals surface area contributed by atoms with Crippen molar-refractivity contribution in [2.45, 2.75) is 6.92 Å². The van der Waals surface area contributed by atoms with Gasteiger partial charge in [-0.15, -0.1) is 5.10 Å². The number of aryl methyl sites for hydroxylation is 1. The van der Waals surface area contributed by atoms with Gasteiger partial charge in [0, 0.05) is 5.39 Å². The van der Waals surface area contributed by atoms with Gasteiger partial charge in [0.25, 0.3) is 5.91 Å². The SMILES string of the molecule is Cc1nc2ccccc2cc1C(=O)n1cnc(N)n1. The van der Waals surface area contributed by atoms with Crippen LogP contribution < -0.4 is 5.73 Å². The third kappa shape index (κ3) is 1.93. The monoisotopic (exact) mass is 253 g/mol. The number of pyridine rings is 1. The average Bonchev–Trinajstić information content (AvgIpc) is 2.84. The fraction of sp³-hybridized carbons (Fsp3) is 0.0769. The lowest BCUT2D eigenvalue weighted by molar-refractivity contribution is 0.0944. The second-order valence-corrected chi connectivity index (χ2v) is 4.17. The quantitative estimate of drug-likeness (QED) is 0.708. The Kier molecular flexibility index (Phi) is 2.49. The van der Waals surface area contributed by atoms with E-state index >= 15 is 0 Å². The van der Waals surface area contributed by atoms with E-state index in [1.807, 2.05) is 24.3 Å². The van der Waals surface area contributed by atoms with Gasteiger partial charge < -0.3 is 5.73 Å². The molecule has 2 N–H and O–H groups in total. The van der Waals surface area contributed by atoms with Crippen molar-refractivity contribution in [3.8, 4) is 0 Å². The first-order valence-corrected chi connectivity index (χ1v) is 5.73. The molecule has 3 rings (SSSR count). The molecule has 0 saturated heterocycles. The molecular weight excluding hydrogens is 242 g/mol. The van der Waals surface area contributed by atoms with E-state index in [4.69, 9.17) is 5.73 Å². The zero-order valence-electron chi connectivity index (χ0n) is 10.2. The molecule has 0 radical (unpaired) electrons. The van der Waals surface area contributed by atoms with Crippen LogP contribution in [0.25, 0.3) is 10.9 Å².